The summed E-state index contributed by atoms with van der Waals surface area (Å²) in [5.74, 6) is -1.60. The van der Waals surface area contributed by atoms with Crippen LogP contribution in [0.3, 0.4) is 0 Å². The Kier molecular flexibility index (Phi) is 4.29. The summed E-state index contributed by atoms with van der Waals surface area (Å²) < 4.78 is 42.9. The van der Waals surface area contributed by atoms with Crippen LogP contribution in [0.2, 0.25) is 0 Å². The Bertz CT molecular complexity index is 566. The van der Waals surface area contributed by atoms with Gasteiger partial charge in [-0.05, 0) is 0 Å². The minimum absolute atomic E-state index is 0.119. The van der Waals surface area contributed by atoms with Gasteiger partial charge in [0.05, 0.1) is 32.2 Å². The first-order chi connectivity index (χ1) is 9.67. The maximum atomic E-state index is 14.0. The van der Waals surface area contributed by atoms with E-state index in [9.17, 15) is 8.78 Å². The molecule has 1 heterocycles. The molecule has 2 aromatic rings. The van der Waals surface area contributed by atoms with E-state index in [0.717, 1.165) is 6.07 Å². The van der Waals surface area contributed by atoms with Crippen molar-refractivity contribution in [3.8, 4) is 17.2 Å². The van der Waals surface area contributed by atoms with Crippen molar-refractivity contribution in [3.05, 3.63) is 42.0 Å². The number of ether oxygens (including phenoxy) is 3. The van der Waals surface area contributed by atoms with Crippen molar-refractivity contribution >= 4 is 0 Å². The van der Waals surface area contributed by atoms with Crippen molar-refractivity contribution in [2.75, 3.05) is 14.2 Å². The molecular weight excluding hydrogens is 270 g/mol. The summed E-state index contributed by atoms with van der Waals surface area (Å²) in [7, 11) is 2.57. The molecule has 0 atom stereocenters. The summed E-state index contributed by atoms with van der Waals surface area (Å²) in [5, 5.41) is 0. The van der Waals surface area contributed by atoms with E-state index in [-0.39, 0.29) is 23.7 Å². The lowest BCUT2D eigenvalue weighted by atomic mass is 10.1. The highest BCUT2D eigenvalue weighted by molar-refractivity contribution is 5.41. The lowest BCUT2D eigenvalue weighted by molar-refractivity contribution is 0.280. The predicted octanol–water partition coefficient (Wildman–Crippen LogP) is 2.35. The lowest BCUT2D eigenvalue weighted by Gasteiger charge is -2.13. The third-order valence-electron chi connectivity index (χ3n) is 2.58. The highest BCUT2D eigenvalue weighted by atomic mass is 19.1. The lowest BCUT2D eigenvalue weighted by Crippen LogP contribution is -2.06. The molecule has 0 unspecified atom stereocenters. The fourth-order valence-electron chi connectivity index (χ4n) is 1.58. The van der Waals surface area contributed by atoms with Gasteiger partial charge in [-0.3, -0.25) is 0 Å². The molecule has 0 radical (unpaired) electrons. The summed E-state index contributed by atoms with van der Waals surface area (Å²) in [6, 6.07) is 1.14. The van der Waals surface area contributed by atoms with Crippen molar-refractivity contribution in [2.45, 2.75) is 6.61 Å². The number of aromatic nitrogens is 2. The normalized spacial score (nSPS) is 10.2. The van der Waals surface area contributed by atoms with Crippen LogP contribution in [0.15, 0.2) is 24.8 Å². The quantitative estimate of drug-likeness (QED) is 0.842. The van der Waals surface area contributed by atoms with Crippen LogP contribution in [-0.4, -0.2) is 24.2 Å². The number of benzene rings is 1. The molecular formula is C13H12F2N2O3. The van der Waals surface area contributed by atoms with Crippen molar-refractivity contribution in [1.82, 2.24) is 9.97 Å². The smallest absolute Gasteiger partial charge is 0.174 e. The predicted molar refractivity (Wildman–Crippen MR) is 65.8 cm³/mol. The van der Waals surface area contributed by atoms with E-state index < -0.39 is 11.6 Å². The first-order valence-corrected chi connectivity index (χ1v) is 5.64. The molecule has 2 rings (SSSR count). The van der Waals surface area contributed by atoms with Crippen LogP contribution in [-0.2, 0) is 6.61 Å². The molecule has 20 heavy (non-hydrogen) atoms. The van der Waals surface area contributed by atoms with Gasteiger partial charge in [-0.15, -0.1) is 0 Å². The maximum Gasteiger partial charge on any atom is 0.174 e. The second-order valence-corrected chi connectivity index (χ2v) is 3.75. The van der Waals surface area contributed by atoms with E-state index in [1.807, 2.05) is 0 Å². The molecule has 0 saturated carbocycles. The summed E-state index contributed by atoms with van der Waals surface area (Å²) in [6.07, 6.45) is 4.10. The fourth-order valence-corrected chi connectivity index (χ4v) is 1.58. The van der Waals surface area contributed by atoms with E-state index in [1.165, 1.54) is 32.9 Å². The molecule has 0 aliphatic rings. The molecule has 0 bridgehead atoms. The molecule has 0 saturated heterocycles. The summed E-state index contributed by atoms with van der Waals surface area (Å²) in [5.41, 5.74) is -0.287. The van der Waals surface area contributed by atoms with Gasteiger partial charge in [0.25, 0.3) is 0 Å². The zero-order valence-electron chi connectivity index (χ0n) is 10.9. The average Bonchev–Trinajstić information content (AvgIpc) is 2.48. The van der Waals surface area contributed by atoms with Crippen molar-refractivity contribution in [3.63, 3.8) is 0 Å². The van der Waals surface area contributed by atoms with Gasteiger partial charge >= 0.3 is 0 Å². The molecule has 0 fully saturated rings. The third kappa shape index (κ3) is 2.76. The van der Waals surface area contributed by atoms with E-state index >= 15 is 0 Å². The van der Waals surface area contributed by atoms with Crippen molar-refractivity contribution < 1.29 is 23.0 Å². The van der Waals surface area contributed by atoms with Gasteiger partial charge in [0, 0.05) is 6.07 Å². The second kappa shape index (κ2) is 6.14. The highest BCUT2D eigenvalue weighted by Crippen LogP contribution is 2.31. The van der Waals surface area contributed by atoms with E-state index in [2.05, 4.69) is 9.97 Å². The van der Waals surface area contributed by atoms with Gasteiger partial charge in [0.2, 0.25) is 0 Å². The number of hydrogen-bond donors (Lipinski definition) is 0. The minimum Gasteiger partial charge on any atom is -0.494 e. The van der Waals surface area contributed by atoms with E-state index in [4.69, 9.17) is 14.2 Å². The molecule has 106 valence electrons. The monoisotopic (exact) mass is 282 g/mol. The number of rotatable bonds is 5. The summed E-state index contributed by atoms with van der Waals surface area (Å²) in [6.45, 7) is -0.335. The van der Waals surface area contributed by atoms with Crippen molar-refractivity contribution in [2.24, 2.45) is 0 Å². The van der Waals surface area contributed by atoms with Crippen molar-refractivity contribution in [1.29, 1.82) is 0 Å². The van der Waals surface area contributed by atoms with Crippen LogP contribution in [0, 0.1) is 11.6 Å². The Morgan fingerprint density at radius 3 is 2.05 bits per heavy atom. The standard InChI is InChI=1S/C13H12F2N2O3/c1-18-10-3-11(19-2)13(15)9(12(10)14)6-20-8-4-16-7-17-5-8/h3-5,7H,6H2,1-2H3. The Hall–Kier alpha value is -2.44. The van der Waals surface area contributed by atoms with Crippen LogP contribution < -0.4 is 14.2 Å². The second-order valence-electron chi connectivity index (χ2n) is 3.75. The first kappa shape index (κ1) is 14.0. The maximum absolute atomic E-state index is 14.0. The minimum atomic E-state index is -0.831. The van der Waals surface area contributed by atoms with Gasteiger partial charge < -0.3 is 14.2 Å². The van der Waals surface area contributed by atoms with Gasteiger partial charge in [-0.2, -0.15) is 0 Å². The Morgan fingerprint density at radius 1 is 1.00 bits per heavy atom. The Balaban J connectivity index is 2.30. The average molecular weight is 282 g/mol. The van der Waals surface area contributed by atoms with Crippen LogP contribution in [0.1, 0.15) is 5.56 Å². The highest BCUT2D eigenvalue weighted by Gasteiger charge is 2.20. The molecule has 1 aromatic carbocycles. The number of nitrogens with zero attached hydrogens (tertiary/aromatic N) is 2. The topological polar surface area (TPSA) is 53.5 Å². The van der Waals surface area contributed by atoms with Crippen LogP contribution in [0.25, 0.3) is 0 Å². The van der Waals surface area contributed by atoms with Crippen LogP contribution >= 0.6 is 0 Å². The number of methoxy groups -OCH3 is 2. The van der Waals surface area contributed by atoms with Gasteiger partial charge in [0.1, 0.15) is 12.9 Å². The zero-order chi connectivity index (χ0) is 14.5. The molecule has 5 nitrogen and oxygen atoms in total. The van der Waals surface area contributed by atoms with Crippen LogP contribution in [0.4, 0.5) is 8.78 Å². The largest absolute Gasteiger partial charge is 0.494 e. The van der Waals surface area contributed by atoms with Gasteiger partial charge in [-0.1, -0.05) is 0 Å². The Morgan fingerprint density at radius 2 is 1.55 bits per heavy atom. The van der Waals surface area contributed by atoms with Gasteiger partial charge in [0.15, 0.2) is 28.9 Å². The third-order valence-corrected chi connectivity index (χ3v) is 2.58. The van der Waals surface area contributed by atoms with Crippen LogP contribution in [0.5, 0.6) is 17.2 Å². The van der Waals surface area contributed by atoms with Gasteiger partial charge in [-0.25, -0.2) is 18.7 Å². The zero-order valence-corrected chi connectivity index (χ0v) is 10.9. The molecule has 0 aliphatic heterocycles. The molecule has 1 aromatic heterocycles. The summed E-state index contributed by atoms with van der Waals surface area (Å²) >= 11 is 0. The van der Waals surface area contributed by atoms with E-state index in [1.54, 1.807) is 0 Å². The Labute approximate surface area is 114 Å². The molecule has 0 spiro atoms. The molecule has 0 aliphatic carbocycles. The number of hydrogen-bond acceptors (Lipinski definition) is 5. The SMILES string of the molecule is COc1cc(OC)c(F)c(COc2cncnc2)c1F. The summed E-state index contributed by atoms with van der Waals surface area (Å²) in [4.78, 5) is 7.47. The molecule has 0 N–H and O–H groups in total. The number of halogens is 2. The van der Waals surface area contributed by atoms with E-state index in [0.29, 0.717) is 5.75 Å². The fraction of sp³-hybridized carbons (Fsp3) is 0.231. The molecule has 0 amide bonds. The molecule has 7 heteroatoms. The first-order valence-electron chi connectivity index (χ1n) is 5.64.